The molecule has 10 aromatic rings. The summed E-state index contributed by atoms with van der Waals surface area (Å²) in [6.07, 6.45) is 1.89. The van der Waals surface area contributed by atoms with E-state index in [1.165, 1.54) is 63.3 Å². The van der Waals surface area contributed by atoms with Crippen LogP contribution in [0.25, 0.3) is 91.5 Å². The summed E-state index contributed by atoms with van der Waals surface area (Å²) in [5, 5.41) is 12.6. The van der Waals surface area contributed by atoms with Crippen molar-refractivity contribution in [1.29, 1.82) is 0 Å². The molecule has 0 atom stereocenters. The van der Waals surface area contributed by atoms with Gasteiger partial charge in [-0.2, -0.15) is 0 Å². The molecule has 0 aliphatic heterocycles. The van der Waals surface area contributed by atoms with Crippen molar-refractivity contribution >= 4 is 85.6 Å². The third-order valence-corrected chi connectivity index (χ3v) is 10.3. The van der Waals surface area contributed by atoms with Crippen LogP contribution >= 0.6 is 11.3 Å². The number of rotatable bonds is 2. The molecule has 3 heterocycles. The molecule has 0 radical (unpaired) electrons. The summed E-state index contributed by atoms with van der Waals surface area (Å²) < 4.78 is 4.81. The van der Waals surface area contributed by atoms with Gasteiger partial charge in [-0.25, -0.2) is 9.97 Å². The third kappa shape index (κ3) is 3.26. The molecule has 0 aliphatic rings. The van der Waals surface area contributed by atoms with Crippen molar-refractivity contribution in [2.45, 2.75) is 0 Å². The number of aromatic nitrogens is 3. The molecule has 7 aromatic carbocycles. The highest BCUT2D eigenvalue weighted by molar-refractivity contribution is 7.26. The van der Waals surface area contributed by atoms with E-state index in [2.05, 4.69) is 132 Å². The van der Waals surface area contributed by atoms with E-state index in [1.54, 1.807) is 0 Å². The lowest BCUT2D eigenvalue weighted by atomic mass is 9.93. The Morgan fingerprint density at radius 2 is 1.07 bits per heavy atom. The predicted molar refractivity (Wildman–Crippen MR) is 187 cm³/mol. The van der Waals surface area contributed by atoms with Gasteiger partial charge in [-0.15, -0.1) is 11.3 Å². The predicted octanol–water partition coefficient (Wildman–Crippen LogP) is 11.1. The van der Waals surface area contributed by atoms with Crippen LogP contribution in [0, 0.1) is 0 Å². The zero-order valence-electron chi connectivity index (χ0n) is 23.5. The molecule has 0 saturated carbocycles. The molecule has 3 aromatic heterocycles. The first-order chi connectivity index (χ1) is 21.8. The van der Waals surface area contributed by atoms with Crippen LogP contribution in [-0.2, 0) is 0 Å². The Kier molecular flexibility index (Phi) is 4.87. The van der Waals surface area contributed by atoms with Gasteiger partial charge in [-0.05, 0) is 56.6 Å². The summed E-state index contributed by atoms with van der Waals surface area (Å²) in [5.74, 6) is 0.683. The molecule has 0 N–H and O–H groups in total. The van der Waals surface area contributed by atoms with Gasteiger partial charge in [0.15, 0.2) is 0 Å². The SMILES string of the molecule is c1ccc2c(c1)sc1c2ccc2c3ccccc3n(-c3nccc(-c4ccc5c6ccccc6c6ccccc6c5c4)n3)c21. The second kappa shape index (κ2) is 8.96. The zero-order valence-corrected chi connectivity index (χ0v) is 24.3. The van der Waals surface area contributed by atoms with Crippen molar-refractivity contribution < 1.29 is 0 Å². The molecule has 0 spiro atoms. The number of benzene rings is 7. The molecule has 0 aliphatic carbocycles. The van der Waals surface area contributed by atoms with Crippen molar-refractivity contribution in [3.05, 3.63) is 140 Å². The quantitative estimate of drug-likeness (QED) is 0.191. The Morgan fingerprint density at radius 3 is 1.84 bits per heavy atom. The average molecular weight is 578 g/mol. The maximum absolute atomic E-state index is 5.25. The smallest absolute Gasteiger partial charge is 0.235 e. The first kappa shape index (κ1) is 23.9. The molecule has 204 valence electrons. The second-order valence-corrected chi connectivity index (χ2v) is 12.4. The minimum atomic E-state index is 0.683. The van der Waals surface area contributed by atoms with Gasteiger partial charge in [0.1, 0.15) is 0 Å². The Morgan fingerprint density at radius 1 is 0.477 bits per heavy atom. The summed E-state index contributed by atoms with van der Waals surface area (Å²) in [4.78, 5) is 10.1. The van der Waals surface area contributed by atoms with Crippen LogP contribution in [0.5, 0.6) is 0 Å². The lowest BCUT2D eigenvalue weighted by molar-refractivity contribution is 0.995. The molecule has 0 amide bonds. The van der Waals surface area contributed by atoms with Crippen molar-refractivity contribution in [1.82, 2.24) is 14.5 Å². The number of hydrogen-bond donors (Lipinski definition) is 0. The molecule has 44 heavy (non-hydrogen) atoms. The fourth-order valence-electron chi connectivity index (χ4n) is 7.12. The Balaban J connectivity index is 1.25. The molecule has 10 rings (SSSR count). The molecule has 0 unspecified atom stereocenters. The maximum Gasteiger partial charge on any atom is 0.235 e. The number of fused-ring (bicyclic) bond motifs is 13. The van der Waals surface area contributed by atoms with E-state index in [4.69, 9.17) is 9.97 Å². The van der Waals surface area contributed by atoms with Gasteiger partial charge in [0.25, 0.3) is 0 Å². The maximum atomic E-state index is 5.25. The molecule has 0 fully saturated rings. The molecular formula is C40H23N3S. The second-order valence-electron chi connectivity index (χ2n) is 11.4. The van der Waals surface area contributed by atoms with E-state index in [-0.39, 0.29) is 0 Å². The van der Waals surface area contributed by atoms with Crippen LogP contribution in [-0.4, -0.2) is 14.5 Å². The van der Waals surface area contributed by atoms with Crippen molar-refractivity contribution in [3.8, 4) is 17.2 Å². The first-order valence-electron chi connectivity index (χ1n) is 14.8. The first-order valence-corrected chi connectivity index (χ1v) is 15.7. The van der Waals surface area contributed by atoms with Gasteiger partial charge in [0.2, 0.25) is 5.95 Å². The van der Waals surface area contributed by atoms with E-state index in [0.717, 1.165) is 22.3 Å². The highest BCUT2D eigenvalue weighted by Crippen LogP contribution is 2.43. The van der Waals surface area contributed by atoms with Crippen LogP contribution in [0.15, 0.2) is 140 Å². The minimum Gasteiger partial charge on any atom is -0.276 e. The summed E-state index contributed by atoms with van der Waals surface area (Å²) in [6, 6.07) is 48.0. The van der Waals surface area contributed by atoms with E-state index in [9.17, 15) is 0 Å². The lowest BCUT2D eigenvalue weighted by Gasteiger charge is -2.12. The van der Waals surface area contributed by atoms with Gasteiger partial charge >= 0.3 is 0 Å². The molecule has 4 heteroatoms. The normalized spacial score (nSPS) is 12.1. The number of para-hydroxylation sites is 1. The standard InChI is InChI=1S/C40H23N3S/c1-2-11-27-25(9-1)26-10-3-4-12-28(26)34-23-24(17-18-29(27)34)35-21-22-41-40(42-35)43-36-15-7-5-13-30(36)32-19-20-33-31-14-6-8-16-37(31)44-39(33)38(32)43/h1-23H. The monoisotopic (exact) mass is 577 g/mol. The summed E-state index contributed by atoms with van der Waals surface area (Å²) in [7, 11) is 0. The number of hydrogen-bond acceptors (Lipinski definition) is 3. The van der Waals surface area contributed by atoms with Gasteiger partial charge in [0.05, 0.1) is 21.4 Å². The third-order valence-electron chi connectivity index (χ3n) is 9.06. The van der Waals surface area contributed by atoms with E-state index in [0.29, 0.717) is 5.95 Å². The Labute approximate surface area is 256 Å². The van der Waals surface area contributed by atoms with Gasteiger partial charge in [-0.1, -0.05) is 109 Å². The lowest BCUT2D eigenvalue weighted by Crippen LogP contribution is -2.01. The van der Waals surface area contributed by atoms with Crippen LogP contribution in [0.2, 0.25) is 0 Å². The van der Waals surface area contributed by atoms with Crippen LogP contribution < -0.4 is 0 Å². The van der Waals surface area contributed by atoms with Crippen LogP contribution in [0.3, 0.4) is 0 Å². The minimum absolute atomic E-state index is 0.683. The van der Waals surface area contributed by atoms with E-state index in [1.807, 2.05) is 23.6 Å². The summed E-state index contributed by atoms with van der Waals surface area (Å²) in [6.45, 7) is 0. The van der Waals surface area contributed by atoms with Crippen molar-refractivity contribution in [2.75, 3.05) is 0 Å². The fourth-order valence-corrected chi connectivity index (χ4v) is 8.36. The number of nitrogens with zero attached hydrogens (tertiary/aromatic N) is 3. The highest BCUT2D eigenvalue weighted by Gasteiger charge is 2.19. The molecule has 0 saturated heterocycles. The van der Waals surface area contributed by atoms with Gasteiger partial charge in [0, 0.05) is 38.0 Å². The highest BCUT2D eigenvalue weighted by atomic mass is 32.1. The Hall–Kier alpha value is -5.58. The average Bonchev–Trinajstić information content (AvgIpc) is 3.64. The largest absolute Gasteiger partial charge is 0.276 e. The topological polar surface area (TPSA) is 30.7 Å². The Bertz CT molecular complexity index is 2750. The van der Waals surface area contributed by atoms with Crippen molar-refractivity contribution in [2.24, 2.45) is 0 Å². The van der Waals surface area contributed by atoms with E-state index >= 15 is 0 Å². The fraction of sp³-hybridized carbons (Fsp3) is 0. The van der Waals surface area contributed by atoms with E-state index < -0.39 is 0 Å². The van der Waals surface area contributed by atoms with Crippen LogP contribution in [0.1, 0.15) is 0 Å². The molecule has 3 nitrogen and oxygen atoms in total. The van der Waals surface area contributed by atoms with Crippen molar-refractivity contribution in [3.63, 3.8) is 0 Å². The number of thiophene rings is 1. The van der Waals surface area contributed by atoms with Crippen LogP contribution in [0.4, 0.5) is 0 Å². The summed E-state index contributed by atoms with van der Waals surface area (Å²) in [5.41, 5.74) is 4.26. The van der Waals surface area contributed by atoms with Gasteiger partial charge in [-0.3, -0.25) is 4.57 Å². The molecular weight excluding hydrogens is 555 g/mol. The zero-order chi connectivity index (χ0) is 28.8. The van der Waals surface area contributed by atoms with Gasteiger partial charge < -0.3 is 0 Å². The summed E-state index contributed by atoms with van der Waals surface area (Å²) >= 11 is 1.84. The molecule has 0 bridgehead atoms.